The SMILES string of the molecule is Cn1c(=O)n(CC(=O)N2CCCN(S(=O)(=O)c3ccc(F)cc3)CC2)c2ccccc21. The number of hydrogen-bond acceptors (Lipinski definition) is 4. The summed E-state index contributed by atoms with van der Waals surface area (Å²) < 4.78 is 43.1. The van der Waals surface area contributed by atoms with Gasteiger partial charge in [0.2, 0.25) is 15.9 Å². The Labute approximate surface area is 179 Å². The van der Waals surface area contributed by atoms with E-state index in [1.807, 2.05) is 18.2 Å². The molecule has 1 aromatic heterocycles. The fourth-order valence-corrected chi connectivity index (χ4v) is 5.36. The van der Waals surface area contributed by atoms with Crippen molar-refractivity contribution < 1.29 is 17.6 Å². The number of carbonyl (C=O) groups excluding carboxylic acids is 1. The Morgan fingerprint density at radius 3 is 2.35 bits per heavy atom. The third kappa shape index (κ3) is 4.00. The molecule has 1 aliphatic rings. The van der Waals surface area contributed by atoms with Gasteiger partial charge in [0.25, 0.3) is 0 Å². The van der Waals surface area contributed by atoms with Crippen LogP contribution < -0.4 is 5.69 Å². The molecule has 8 nitrogen and oxygen atoms in total. The van der Waals surface area contributed by atoms with Crippen molar-refractivity contribution in [1.82, 2.24) is 18.3 Å². The second-order valence-corrected chi connectivity index (χ2v) is 9.45. The van der Waals surface area contributed by atoms with Crippen molar-refractivity contribution in [1.29, 1.82) is 0 Å². The van der Waals surface area contributed by atoms with Gasteiger partial charge in [0.1, 0.15) is 12.4 Å². The van der Waals surface area contributed by atoms with Crippen LogP contribution in [0, 0.1) is 5.82 Å². The second kappa shape index (κ2) is 8.27. The number of para-hydroxylation sites is 2. The van der Waals surface area contributed by atoms with Crippen LogP contribution in [0.5, 0.6) is 0 Å². The Bertz CT molecular complexity index is 1280. The van der Waals surface area contributed by atoms with Gasteiger partial charge in [-0.3, -0.25) is 13.9 Å². The average Bonchev–Trinajstić information content (AvgIpc) is 2.94. The molecule has 0 radical (unpaired) electrons. The number of fused-ring (bicyclic) bond motifs is 1. The summed E-state index contributed by atoms with van der Waals surface area (Å²) >= 11 is 0. The minimum absolute atomic E-state index is 0.0241. The third-order valence-corrected chi connectivity index (χ3v) is 7.52. The zero-order valence-corrected chi connectivity index (χ0v) is 17.9. The lowest BCUT2D eigenvalue weighted by molar-refractivity contribution is -0.131. The first-order valence-electron chi connectivity index (χ1n) is 9.97. The second-order valence-electron chi connectivity index (χ2n) is 7.51. The molecule has 0 atom stereocenters. The number of amides is 1. The normalized spacial score (nSPS) is 15.9. The number of carbonyl (C=O) groups is 1. The number of imidazole rings is 1. The van der Waals surface area contributed by atoms with E-state index >= 15 is 0 Å². The van der Waals surface area contributed by atoms with Crippen LogP contribution in [-0.4, -0.2) is 58.8 Å². The molecule has 0 spiro atoms. The molecule has 0 N–H and O–H groups in total. The van der Waals surface area contributed by atoms with Crippen LogP contribution in [0.1, 0.15) is 6.42 Å². The van der Waals surface area contributed by atoms with E-state index in [0.717, 1.165) is 17.6 Å². The van der Waals surface area contributed by atoms with E-state index in [1.54, 1.807) is 18.0 Å². The fraction of sp³-hybridized carbons (Fsp3) is 0.333. The summed E-state index contributed by atoms with van der Waals surface area (Å²) in [6, 6.07) is 12.0. The highest BCUT2D eigenvalue weighted by Crippen LogP contribution is 2.19. The van der Waals surface area contributed by atoms with Gasteiger partial charge in [-0.2, -0.15) is 4.31 Å². The van der Waals surface area contributed by atoms with E-state index in [9.17, 15) is 22.4 Å². The molecule has 0 saturated carbocycles. The first-order chi connectivity index (χ1) is 14.8. The van der Waals surface area contributed by atoms with E-state index < -0.39 is 15.8 Å². The molecule has 31 heavy (non-hydrogen) atoms. The van der Waals surface area contributed by atoms with Crippen molar-refractivity contribution in [3.8, 4) is 0 Å². The summed E-state index contributed by atoms with van der Waals surface area (Å²) in [5.41, 5.74) is 1.15. The lowest BCUT2D eigenvalue weighted by Gasteiger charge is -2.22. The van der Waals surface area contributed by atoms with Crippen LogP contribution in [0.25, 0.3) is 11.0 Å². The van der Waals surface area contributed by atoms with Crippen LogP contribution in [0.4, 0.5) is 4.39 Å². The molecule has 10 heteroatoms. The minimum atomic E-state index is -3.77. The van der Waals surface area contributed by atoms with Crippen LogP contribution in [-0.2, 0) is 28.4 Å². The van der Waals surface area contributed by atoms with Gasteiger partial charge in [-0.25, -0.2) is 17.6 Å². The molecule has 0 bridgehead atoms. The summed E-state index contributed by atoms with van der Waals surface area (Å²) in [4.78, 5) is 27.1. The van der Waals surface area contributed by atoms with Gasteiger partial charge in [-0.15, -0.1) is 0 Å². The van der Waals surface area contributed by atoms with Gasteiger partial charge in [-0.1, -0.05) is 12.1 Å². The van der Waals surface area contributed by atoms with E-state index in [0.29, 0.717) is 18.5 Å². The number of hydrogen-bond donors (Lipinski definition) is 0. The predicted molar refractivity (Wildman–Crippen MR) is 114 cm³/mol. The van der Waals surface area contributed by atoms with Crippen LogP contribution in [0.3, 0.4) is 0 Å². The van der Waals surface area contributed by atoms with Crippen molar-refractivity contribution >= 4 is 27.0 Å². The molecular formula is C21H23FN4O4S. The largest absolute Gasteiger partial charge is 0.340 e. The maximum atomic E-state index is 13.2. The van der Waals surface area contributed by atoms with Crippen LogP contribution in [0.15, 0.2) is 58.2 Å². The number of halogens is 1. The minimum Gasteiger partial charge on any atom is -0.340 e. The lowest BCUT2D eigenvalue weighted by atomic mass is 10.3. The summed E-state index contributed by atoms with van der Waals surface area (Å²) in [6.07, 6.45) is 0.469. The zero-order valence-electron chi connectivity index (χ0n) is 17.1. The highest BCUT2D eigenvalue weighted by molar-refractivity contribution is 7.89. The maximum Gasteiger partial charge on any atom is 0.329 e. The third-order valence-electron chi connectivity index (χ3n) is 5.60. The number of sulfonamides is 1. The van der Waals surface area contributed by atoms with Gasteiger partial charge < -0.3 is 4.90 Å². The maximum absolute atomic E-state index is 13.2. The highest BCUT2D eigenvalue weighted by Gasteiger charge is 2.28. The van der Waals surface area contributed by atoms with Gasteiger partial charge in [0.05, 0.1) is 15.9 Å². The Balaban J connectivity index is 1.49. The Morgan fingerprint density at radius 2 is 1.65 bits per heavy atom. The first-order valence-corrected chi connectivity index (χ1v) is 11.4. The lowest BCUT2D eigenvalue weighted by Crippen LogP contribution is -2.40. The summed E-state index contributed by atoms with van der Waals surface area (Å²) in [5.74, 6) is -0.741. The van der Waals surface area contributed by atoms with Crippen molar-refractivity contribution in [3.63, 3.8) is 0 Å². The molecule has 1 fully saturated rings. The van der Waals surface area contributed by atoms with E-state index in [1.165, 1.54) is 25.6 Å². The van der Waals surface area contributed by atoms with Crippen molar-refractivity contribution in [2.45, 2.75) is 17.9 Å². The monoisotopic (exact) mass is 446 g/mol. The highest BCUT2D eigenvalue weighted by atomic mass is 32.2. The van der Waals surface area contributed by atoms with Gasteiger partial charge >= 0.3 is 5.69 Å². The number of aryl methyl sites for hydroxylation is 1. The number of rotatable bonds is 4. The van der Waals surface area contributed by atoms with Crippen LogP contribution in [0.2, 0.25) is 0 Å². The molecule has 3 aromatic rings. The van der Waals surface area contributed by atoms with Crippen molar-refractivity contribution in [2.75, 3.05) is 26.2 Å². The Kier molecular flexibility index (Phi) is 5.67. The quantitative estimate of drug-likeness (QED) is 0.607. The number of nitrogens with zero attached hydrogens (tertiary/aromatic N) is 4. The molecule has 2 heterocycles. The molecule has 2 aromatic carbocycles. The van der Waals surface area contributed by atoms with Crippen molar-refractivity contribution in [3.05, 3.63) is 64.8 Å². The summed E-state index contributed by atoms with van der Waals surface area (Å²) in [6.45, 7) is 0.908. The van der Waals surface area contributed by atoms with E-state index in [-0.39, 0.29) is 42.7 Å². The Morgan fingerprint density at radius 1 is 0.968 bits per heavy atom. The van der Waals surface area contributed by atoms with E-state index in [2.05, 4.69) is 0 Å². The molecule has 164 valence electrons. The van der Waals surface area contributed by atoms with Crippen LogP contribution >= 0.6 is 0 Å². The first kappa shape index (κ1) is 21.3. The molecule has 1 saturated heterocycles. The van der Waals surface area contributed by atoms with Crippen molar-refractivity contribution in [2.24, 2.45) is 7.05 Å². The molecule has 1 aliphatic heterocycles. The Hall–Kier alpha value is -2.98. The number of aromatic nitrogens is 2. The molecule has 0 aliphatic carbocycles. The molecule has 1 amide bonds. The zero-order chi connectivity index (χ0) is 22.2. The van der Waals surface area contributed by atoms with Gasteiger partial charge in [-0.05, 0) is 42.8 Å². The number of benzene rings is 2. The van der Waals surface area contributed by atoms with Gasteiger partial charge in [0.15, 0.2) is 0 Å². The molecular weight excluding hydrogens is 423 g/mol. The smallest absolute Gasteiger partial charge is 0.329 e. The molecule has 4 rings (SSSR count). The summed E-state index contributed by atoms with van der Waals surface area (Å²) in [7, 11) is -2.11. The summed E-state index contributed by atoms with van der Waals surface area (Å²) in [5, 5.41) is 0. The van der Waals surface area contributed by atoms with Gasteiger partial charge in [0, 0.05) is 33.2 Å². The topological polar surface area (TPSA) is 84.6 Å². The standard InChI is InChI=1S/C21H23FN4O4S/c1-23-18-5-2-3-6-19(18)26(21(23)28)15-20(27)24-11-4-12-25(14-13-24)31(29,30)17-9-7-16(22)8-10-17/h2-3,5-10H,4,11-15H2,1H3. The molecule has 0 unspecified atom stereocenters. The fourth-order valence-electron chi connectivity index (χ4n) is 3.89. The predicted octanol–water partition coefficient (Wildman–Crippen LogP) is 1.40. The average molecular weight is 447 g/mol. The van der Waals surface area contributed by atoms with E-state index in [4.69, 9.17) is 0 Å².